The monoisotopic (exact) mass is 399 g/mol. The largest absolute Gasteiger partial charge is 0.397 e. The van der Waals surface area contributed by atoms with E-state index in [2.05, 4.69) is 20.8 Å². The van der Waals surface area contributed by atoms with Gasteiger partial charge in [-0.1, -0.05) is 33.3 Å². The van der Waals surface area contributed by atoms with Gasteiger partial charge in [0.1, 0.15) is 5.82 Å². The second kappa shape index (κ2) is 9.54. The number of halogens is 1. The molecule has 2 amide bonds. The predicted molar refractivity (Wildman–Crippen MR) is 115 cm³/mol. The number of nitrogens with two attached hydrogens (primary N) is 2. The Kier molecular flexibility index (Phi) is 7.37. The van der Waals surface area contributed by atoms with E-state index in [1.54, 1.807) is 12.1 Å². The number of amides is 2. The fraction of sp³-hybridized carbons (Fsp3) is 0.391. The van der Waals surface area contributed by atoms with Crippen molar-refractivity contribution in [1.29, 1.82) is 0 Å². The summed E-state index contributed by atoms with van der Waals surface area (Å²) in [5.74, 6) is -0.842. The van der Waals surface area contributed by atoms with Crippen LogP contribution in [0.1, 0.15) is 58.4 Å². The van der Waals surface area contributed by atoms with E-state index in [9.17, 15) is 14.0 Å². The minimum atomic E-state index is -0.372. The van der Waals surface area contributed by atoms with Crippen LogP contribution in [0.4, 0.5) is 21.5 Å². The van der Waals surface area contributed by atoms with Crippen molar-refractivity contribution in [2.24, 2.45) is 5.73 Å². The molecule has 0 heterocycles. The lowest BCUT2D eigenvalue weighted by atomic mass is 9.86. The molecule has 0 aliphatic heterocycles. The molecule has 0 aliphatic carbocycles. The predicted octanol–water partition coefficient (Wildman–Crippen LogP) is 4.81. The Balaban J connectivity index is 2.27. The van der Waals surface area contributed by atoms with Crippen LogP contribution < -0.4 is 16.4 Å². The van der Waals surface area contributed by atoms with Crippen molar-refractivity contribution in [3.63, 3.8) is 0 Å². The third-order valence-electron chi connectivity index (χ3n) is 4.78. The number of benzene rings is 2. The molecule has 0 atom stereocenters. The maximum absolute atomic E-state index is 13.4. The van der Waals surface area contributed by atoms with Gasteiger partial charge in [0.2, 0.25) is 11.8 Å². The van der Waals surface area contributed by atoms with Gasteiger partial charge in [-0.3, -0.25) is 14.5 Å². The number of primary amides is 1. The molecule has 0 aliphatic rings. The Morgan fingerprint density at radius 2 is 1.59 bits per heavy atom. The van der Waals surface area contributed by atoms with E-state index in [1.807, 2.05) is 18.2 Å². The highest BCUT2D eigenvalue weighted by Gasteiger charge is 2.22. The highest BCUT2D eigenvalue weighted by Crippen LogP contribution is 2.35. The van der Waals surface area contributed by atoms with Crippen molar-refractivity contribution in [3.05, 3.63) is 53.8 Å². The van der Waals surface area contributed by atoms with Gasteiger partial charge in [-0.25, -0.2) is 4.39 Å². The highest BCUT2D eigenvalue weighted by atomic mass is 19.1. The Hall–Kier alpha value is -2.89. The Morgan fingerprint density at radius 3 is 2.14 bits per heavy atom. The number of carbonyl (C=O) groups is 2. The van der Waals surface area contributed by atoms with Crippen LogP contribution in [0.5, 0.6) is 0 Å². The van der Waals surface area contributed by atoms with Crippen molar-refractivity contribution in [2.45, 2.75) is 58.3 Å². The number of hydrogen-bond donors (Lipinski definition) is 2. The number of hydrogen-bond acceptors (Lipinski definition) is 3. The van der Waals surface area contributed by atoms with E-state index in [1.165, 1.54) is 17.0 Å². The molecule has 156 valence electrons. The number of nitrogen functional groups attached to an aromatic ring is 1. The fourth-order valence-corrected chi connectivity index (χ4v) is 3.10. The SMILES string of the molecule is CC(C)(C)c1ccc(N(C(=O)CCCCCC(N)=O)c2ccc(F)cc2)c(N)c1. The van der Waals surface area contributed by atoms with Crippen LogP contribution in [-0.4, -0.2) is 11.8 Å². The highest BCUT2D eigenvalue weighted by molar-refractivity contribution is 6.03. The van der Waals surface area contributed by atoms with Gasteiger partial charge in [-0.2, -0.15) is 0 Å². The minimum Gasteiger partial charge on any atom is -0.397 e. The second-order valence-electron chi connectivity index (χ2n) is 8.26. The first-order valence-corrected chi connectivity index (χ1v) is 9.86. The van der Waals surface area contributed by atoms with E-state index >= 15 is 0 Å². The average molecular weight is 400 g/mol. The molecule has 2 rings (SSSR count). The van der Waals surface area contributed by atoms with E-state index in [0.717, 1.165) is 12.0 Å². The number of unbranched alkanes of at least 4 members (excludes halogenated alkanes) is 2. The summed E-state index contributed by atoms with van der Waals surface area (Å²) in [4.78, 5) is 25.4. The molecule has 2 aromatic carbocycles. The normalized spacial score (nSPS) is 11.3. The van der Waals surface area contributed by atoms with Crippen LogP contribution in [0.3, 0.4) is 0 Å². The summed E-state index contributed by atoms with van der Waals surface area (Å²) in [5, 5.41) is 0. The first-order valence-electron chi connectivity index (χ1n) is 9.86. The second-order valence-corrected chi connectivity index (χ2v) is 8.26. The maximum atomic E-state index is 13.4. The molecule has 0 saturated heterocycles. The van der Waals surface area contributed by atoms with Gasteiger partial charge < -0.3 is 11.5 Å². The van der Waals surface area contributed by atoms with Crippen molar-refractivity contribution >= 4 is 28.9 Å². The van der Waals surface area contributed by atoms with Gasteiger partial charge in [-0.05, 0) is 60.2 Å². The standard InChI is InChI=1S/C23H30FN3O2/c1-23(2,3)16-9-14-20(19(25)15-16)27(18-12-10-17(24)11-13-18)22(29)8-6-4-5-7-21(26)28/h9-15H,4-8,25H2,1-3H3,(H2,26,28). The summed E-state index contributed by atoms with van der Waals surface area (Å²) in [6.45, 7) is 6.28. The van der Waals surface area contributed by atoms with Gasteiger partial charge >= 0.3 is 0 Å². The molecular formula is C23H30FN3O2. The zero-order valence-electron chi connectivity index (χ0n) is 17.4. The number of rotatable bonds is 8. The van der Waals surface area contributed by atoms with Crippen LogP contribution in [0, 0.1) is 5.82 Å². The Bertz CT molecular complexity index is 857. The third kappa shape index (κ3) is 6.31. The molecule has 4 N–H and O–H groups in total. The summed E-state index contributed by atoms with van der Waals surface area (Å²) >= 11 is 0. The minimum absolute atomic E-state index is 0.0716. The lowest BCUT2D eigenvalue weighted by Crippen LogP contribution is -2.27. The van der Waals surface area contributed by atoms with Gasteiger partial charge in [0.25, 0.3) is 0 Å². The van der Waals surface area contributed by atoms with Crippen molar-refractivity contribution in [2.75, 3.05) is 10.6 Å². The van der Waals surface area contributed by atoms with Gasteiger partial charge in [-0.15, -0.1) is 0 Å². The molecule has 0 saturated carbocycles. The number of carbonyl (C=O) groups excluding carboxylic acids is 2. The smallest absolute Gasteiger partial charge is 0.231 e. The zero-order chi connectivity index (χ0) is 21.6. The average Bonchev–Trinajstić information content (AvgIpc) is 2.63. The topological polar surface area (TPSA) is 89.4 Å². The summed E-state index contributed by atoms with van der Waals surface area (Å²) in [6, 6.07) is 11.5. The first kappa shape index (κ1) is 22.4. The Morgan fingerprint density at radius 1 is 0.966 bits per heavy atom. The summed E-state index contributed by atoms with van der Waals surface area (Å²) in [6.07, 6.45) is 2.61. The van der Waals surface area contributed by atoms with E-state index in [0.29, 0.717) is 36.3 Å². The van der Waals surface area contributed by atoms with Crippen molar-refractivity contribution < 1.29 is 14.0 Å². The summed E-state index contributed by atoms with van der Waals surface area (Å²) in [5.41, 5.74) is 14.1. The van der Waals surface area contributed by atoms with Gasteiger partial charge in [0.05, 0.1) is 11.4 Å². The van der Waals surface area contributed by atoms with Crippen LogP contribution in [0.25, 0.3) is 0 Å². The molecule has 6 heteroatoms. The summed E-state index contributed by atoms with van der Waals surface area (Å²) < 4.78 is 13.4. The van der Waals surface area contributed by atoms with E-state index < -0.39 is 0 Å². The quantitative estimate of drug-likeness (QED) is 0.493. The molecule has 0 radical (unpaired) electrons. The summed E-state index contributed by atoms with van der Waals surface area (Å²) in [7, 11) is 0. The van der Waals surface area contributed by atoms with Crippen molar-refractivity contribution in [3.8, 4) is 0 Å². The van der Waals surface area contributed by atoms with Crippen LogP contribution in [0.15, 0.2) is 42.5 Å². The molecule has 0 fully saturated rings. The van der Waals surface area contributed by atoms with Crippen LogP contribution >= 0.6 is 0 Å². The molecular weight excluding hydrogens is 369 g/mol. The Labute approximate surface area is 171 Å². The lowest BCUT2D eigenvalue weighted by molar-refractivity contribution is -0.118. The van der Waals surface area contributed by atoms with E-state index in [-0.39, 0.29) is 29.5 Å². The lowest BCUT2D eigenvalue weighted by Gasteiger charge is -2.27. The van der Waals surface area contributed by atoms with E-state index in [4.69, 9.17) is 11.5 Å². The molecule has 5 nitrogen and oxygen atoms in total. The van der Waals surface area contributed by atoms with Crippen LogP contribution in [-0.2, 0) is 15.0 Å². The molecule has 0 aromatic heterocycles. The molecule has 2 aromatic rings. The number of nitrogens with zero attached hydrogens (tertiary/aromatic N) is 1. The maximum Gasteiger partial charge on any atom is 0.231 e. The molecule has 0 unspecified atom stereocenters. The van der Waals surface area contributed by atoms with Gasteiger partial charge in [0.15, 0.2) is 0 Å². The molecule has 29 heavy (non-hydrogen) atoms. The zero-order valence-corrected chi connectivity index (χ0v) is 17.4. The molecule has 0 bridgehead atoms. The third-order valence-corrected chi connectivity index (χ3v) is 4.78. The van der Waals surface area contributed by atoms with Gasteiger partial charge in [0, 0.05) is 18.5 Å². The van der Waals surface area contributed by atoms with Crippen molar-refractivity contribution in [1.82, 2.24) is 0 Å². The number of anilines is 3. The fourth-order valence-electron chi connectivity index (χ4n) is 3.10. The molecule has 0 spiro atoms. The van der Waals surface area contributed by atoms with Crippen LogP contribution in [0.2, 0.25) is 0 Å². The first-order chi connectivity index (χ1) is 13.6.